The highest BCUT2D eigenvalue weighted by atomic mass is 16.7. The molecule has 2 heterocycles. The Morgan fingerprint density at radius 3 is 2.26 bits per heavy atom. The molecule has 2 fully saturated rings. The Bertz CT molecular complexity index is 726. The maximum atomic E-state index is 10.5. The molecule has 0 spiro atoms. The summed E-state index contributed by atoms with van der Waals surface area (Å²) < 4.78 is 22.5. The van der Waals surface area contributed by atoms with Crippen molar-refractivity contribution < 1.29 is 54.7 Å². The monoisotopic (exact) mass is 506 g/mol. The highest BCUT2D eigenvalue weighted by Gasteiger charge is 2.47. The van der Waals surface area contributed by atoms with Crippen molar-refractivity contribution in [3.8, 4) is 0 Å². The van der Waals surface area contributed by atoms with Crippen LogP contribution in [-0.2, 0) is 18.9 Å². The van der Waals surface area contributed by atoms with E-state index >= 15 is 0 Å². The number of allylic oxidation sites excluding steroid dienone is 1. The molecule has 0 radical (unpaired) electrons. The van der Waals surface area contributed by atoms with Crippen LogP contribution in [0.5, 0.6) is 0 Å². The van der Waals surface area contributed by atoms with Gasteiger partial charge in [0.05, 0.1) is 25.4 Å². The summed E-state index contributed by atoms with van der Waals surface area (Å²) in [5.74, 6) is 0. The van der Waals surface area contributed by atoms with Gasteiger partial charge in [0.1, 0.15) is 42.7 Å². The molecule has 7 N–H and O–H groups in total. The zero-order valence-corrected chi connectivity index (χ0v) is 20.9. The van der Waals surface area contributed by atoms with Crippen LogP contribution in [0.1, 0.15) is 53.4 Å². The van der Waals surface area contributed by atoms with Crippen LogP contribution in [0.25, 0.3) is 0 Å². The third-order valence-corrected chi connectivity index (χ3v) is 7.29. The van der Waals surface area contributed by atoms with Crippen LogP contribution in [0.4, 0.5) is 0 Å². The second-order valence-corrected chi connectivity index (χ2v) is 10.8. The summed E-state index contributed by atoms with van der Waals surface area (Å²) in [6, 6.07) is 0. The first-order chi connectivity index (χ1) is 16.3. The Kier molecular flexibility index (Phi) is 9.72. The van der Waals surface area contributed by atoms with Crippen LogP contribution >= 0.6 is 0 Å². The van der Waals surface area contributed by atoms with Crippen molar-refractivity contribution in [2.24, 2.45) is 5.41 Å². The molecule has 0 amide bonds. The van der Waals surface area contributed by atoms with Crippen molar-refractivity contribution in [1.29, 1.82) is 0 Å². The number of aliphatic hydroxyl groups excluding tert-OH is 7. The molecular formula is C24H42O11. The van der Waals surface area contributed by atoms with Crippen LogP contribution in [0.3, 0.4) is 0 Å². The lowest BCUT2D eigenvalue weighted by Crippen LogP contribution is -2.61. The summed E-state index contributed by atoms with van der Waals surface area (Å²) in [7, 11) is 0. The molecular weight excluding hydrogens is 464 g/mol. The van der Waals surface area contributed by atoms with Crippen LogP contribution in [0, 0.1) is 5.41 Å². The second kappa shape index (κ2) is 11.8. The lowest BCUT2D eigenvalue weighted by atomic mass is 9.70. The number of hydrogen-bond donors (Lipinski definition) is 7. The number of aliphatic hydroxyl groups is 7. The van der Waals surface area contributed by atoms with Crippen molar-refractivity contribution in [2.75, 3.05) is 13.2 Å². The second-order valence-electron chi connectivity index (χ2n) is 10.8. The molecule has 2 aliphatic heterocycles. The van der Waals surface area contributed by atoms with Crippen LogP contribution in [0.2, 0.25) is 0 Å². The molecule has 204 valence electrons. The predicted molar refractivity (Wildman–Crippen MR) is 122 cm³/mol. The maximum absolute atomic E-state index is 10.5. The molecule has 11 heteroatoms. The first-order valence-corrected chi connectivity index (χ1v) is 12.3. The average Bonchev–Trinajstić information content (AvgIpc) is 2.77. The molecule has 3 rings (SSSR count). The van der Waals surface area contributed by atoms with Crippen molar-refractivity contribution in [3.63, 3.8) is 0 Å². The number of ether oxygens (including phenoxy) is 4. The van der Waals surface area contributed by atoms with Gasteiger partial charge in [-0.25, -0.2) is 0 Å². The summed E-state index contributed by atoms with van der Waals surface area (Å²) in [5, 5.41) is 70.4. The Morgan fingerprint density at radius 2 is 1.63 bits per heavy atom. The zero-order valence-electron chi connectivity index (χ0n) is 20.9. The number of rotatable bonds is 8. The van der Waals surface area contributed by atoms with Gasteiger partial charge in [0.15, 0.2) is 12.6 Å². The maximum Gasteiger partial charge on any atom is 0.186 e. The minimum atomic E-state index is -1.55. The smallest absolute Gasteiger partial charge is 0.186 e. The van der Waals surface area contributed by atoms with Gasteiger partial charge in [0, 0.05) is 0 Å². The van der Waals surface area contributed by atoms with Crippen molar-refractivity contribution in [2.45, 2.75) is 121 Å². The molecule has 3 aliphatic rings. The largest absolute Gasteiger partial charge is 0.393 e. The van der Waals surface area contributed by atoms with E-state index in [1.807, 2.05) is 6.92 Å². The molecule has 0 unspecified atom stereocenters. The summed E-state index contributed by atoms with van der Waals surface area (Å²) >= 11 is 0. The Morgan fingerprint density at radius 1 is 0.971 bits per heavy atom. The van der Waals surface area contributed by atoms with Gasteiger partial charge in [0.25, 0.3) is 0 Å². The third-order valence-electron chi connectivity index (χ3n) is 7.29. The van der Waals surface area contributed by atoms with E-state index in [4.69, 9.17) is 18.9 Å². The van der Waals surface area contributed by atoms with E-state index in [0.717, 1.165) is 12.0 Å². The number of hydrogen-bond acceptors (Lipinski definition) is 11. The van der Waals surface area contributed by atoms with Gasteiger partial charge >= 0.3 is 0 Å². The van der Waals surface area contributed by atoms with Gasteiger partial charge in [0.2, 0.25) is 0 Å². The van der Waals surface area contributed by atoms with E-state index in [2.05, 4.69) is 13.8 Å². The highest BCUT2D eigenvalue weighted by Crippen LogP contribution is 2.44. The average molecular weight is 507 g/mol. The molecule has 0 aromatic heterocycles. The highest BCUT2D eigenvalue weighted by molar-refractivity contribution is 5.24. The fourth-order valence-corrected chi connectivity index (χ4v) is 5.28. The van der Waals surface area contributed by atoms with Gasteiger partial charge in [-0.15, -0.1) is 0 Å². The summed E-state index contributed by atoms with van der Waals surface area (Å²) in [5.41, 5.74) is 2.24. The standard InChI is InChI=1S/C24H42O11/c1-11-7-13(8-24(3,4)14(11)6-5-12(2)25)34-23-21(31)19(29)18(28)16(35-23)10-33-22-20(30)17(27)15(26)9-32-22/h12-13,15-23,25-31H,5-10H2,1-4H3/t12-,13-,15-,16-,17+,18-,19+,20-,21-,22+,23-/m1/s1. The van der Waals surface area contributed by atoms with E-state index < -0.39 is 55.3 Å². The molecule has 2 saturated heterocycles. The van der Waals surface area contributed by atoms with E-state index in [9.17, 15) is 35.7 Å². The topological polar surface area (TPSA) is 179 Å². The van der Waals surface area contributed by atoms with Crippen LogP contribution in [-0.4, -0.2) is 116 Å². The summed E-state index contributed by atoms with van der Waals surface area (Å²) in [6.45, 7) is 7.45. The fraction of sp³-hybridized carbons (Fsp3) is 0.917. The first-order valence-electron chi connectivity index (χ1n) is 12.3. The van der Waals surface area contributed by atoms with E-state index in [0.29, 0.717) is 19.3 Å². The Balaban J connectivity index is 1.62. The molecule has 11 nitrogen and oxygen atoms in total. The fourth-order valence-electron chi connectivity index (χ4n) is 5.28. The minimum Gasteiger partial charge on any atom is -0.393 e. The molecule has 0 bridgehead atoms. The van der Waals surface area contributed by atoms with E-state index in [1.54, 1.807) is 6.92 Å². The lowest BCUT2D eigenvalue weighted by Gasteiger charge is -2.44. The minimum absolute atomic E-state index is 0.192. The molecule has 0 saturated carbocycles. The first kappa shape index (κ1) is 28.9. The van der Waals surface area contributed by atoms with Crippen molar-refractivity contribution in [1.82, 2.24) is 0 Å². The molecule has 1 aliphatic carbocycles. The lowest BCUT2D eigenvalue weighted by molar-refractivity contribution is -0.328. The normalized spacial score (nSPS) is 43.3. The predicted octanol–water partition coefficient (Wildman–Crippen LogP) is -1.07. The van der Waals surface area contributed by atoms with Crippen LogP contribution < -0.4 is 0 Å². The summed E-state index contributed by atoms with van der Waals surface area (Å²) in [4.78, 5) is 0. The van der Waals surface area contributed by atoms with Crippen LogP contribution in [0.15, 0.2) is 11.1 Å². The van der Waals surface area contributed by atoms with Gasteiger partial charge in [-0.1, -0.05) is 25.0 Å². The molecule has 11 atom stereocenters. The Hall–Kier alpha value is -0.700. The van der Waals surface area contributed by atoms with Gasteiger partial charge in [-0.2, -0.15) is 0 Å². The summed E-state index contributed by atoms with van der Waals surface area (Å²) in [6.07, 6.45) is -10.3. The van der Waals surface area contributed by atoms with Crippen molar-refractivity contribution >= 4 is 0 Å². The van der Waals surface area contributed by atoms with Crippen molar-refractivity contribution in [3.05, 3.63) is 11.1 Å². The Labute approximate surface area is 205 Å². The quantitative estimate of drug-likeness (QED) is 0.199. The zero-order chi connectivity index (χ0) is 26.1. The van der Waals surface area contributed by atoms with Gasteiger partial charge in [-0.3, -0.25) is 0 Å². The molecule has 0 aromatic rings. The molecule has 0 aromatic carbocycles. The van der Waals surface area contributed by atoms with E-state index in [1.165, 1.54) is 5.57 Å². The van der Waals surface area contributed by atoms with E-state index in [-0.39, 0.29) is 30.8 Å². The molecule has 35 heavy (non-hydrogen) atoms. The van der Waals surface area contributed by atoms with Gasteiger partial charge < -0.3 is 54.7 Å². The van der Waals surface area contributed by atoms with Gasteiger partial charge in [-0.05, 0) is 44.9 Å². The third kappa shape index (κ3) is 6.79. The SMILES string of the molecule is CC1=C(CC[C@@H](C)O)C(C)(C)C[C@H](O[C@@H]2O[C@H](CO[C@@H]3OC[C@@H](O)[C@H](O)[C@H]3O)[C@@H](O)[C@H](O)[C@H]2O)C1.